The Labute approximate surface area is 108 Å². The monoisotopic (exact) mass is 292 g/mol. The van der Waals surface area contributed by atoms with Gasteiger partial charge in [0.25, 0.3) is 0 Å². The van der Waals surface area contributed by atoms with Crippen molar-refractivity contribution in [2.75, 3.05) is 0 Å². The molecule has 16 heavy (non-hydrogen) atoms. The highest BCUT2D eigenvalue weighted by atomic mass is 79.9. The minimum atomic E-state index is 0.358. The summed E-state index contributed by atoms with van der Waals surface area (Å²) in [5, 5.41) is 7.90. The topological polar surface area (TPSA) is 36.2 Å². The number of halogens is 1. The summed E-state index contributed by atoms with van der Waals surface area (Å²) in [6.07, 6.45) is 3.79. The Bertz CT molecular complexity index is 515. The number of rotatable bonds is 1. The molecule has 0 spiro atoms. The van der Waals surface area contributed by atoms with E-state index in [-0.39, 0.29) is 0 Å². The van der Waals surface area contributed by atoms with Crippen LogP contribution in [0.4, 0.5) is 0 Å². The van der Waals surface area contributed by atoms with E-state index in [0.29, 0.717) is 11.4 Å². The SMILES string of the molecule is N=C1C(Br)=CC=C(c2ccccc2)/C1=N/S. The van der Waals surface area contributed by atoms with Gasteiger partial charge in [0.1, 0.15) is 5.71 Å². The molecule has 2 rings (SSSR count). The molecule has 1 aliphatic carbocycles. The van der Waals surface area contributed by atoms with Crippen LogP contribution in [0.3, 0.4) is 0 Å². The molecule has 1 aliphatic rings. The maximum absolute atomic E-state index is 7.90. The zero-order valence-corrected chi connectivity index (χ0v) is 10.8. The van der Waals surface area contributed by atoms with Crippen LogP contribution in [-0.2, 0) is 0 Å². The number of thiol groups is 1. The average Bonchev–Trinajstić information content (AvgIpc) is 2.33. The highest BCUT2D eigenvalue weighted by molar-refractivity contribution is 9.12. The maximum atomic E-state index is 7.90. The molecule has 80 valence electrons. The first-order valence-electron chi connectivity index (χ1n) is 4.68. The standard InChI is InChI=1S/C12H9BrN2S/c13-10-7-6-9(12(15-16)11(10)14)8-4-2-1-3-5-8/h1-7,14,16H/b14-11?,15-12-. The van der Waals surface area contributed by atoms with Crippen LogP contribution in [0, 0.1) is 5.41 Å². The molecule has 0 unspecified atom stereocenters. The van der Waals surface area contributed by atoms with Crippen LogP contribution in [-0.4, -0.2) is 11.4 Å². The van der Waals surface area contributed by atoms with Gasteiger partial charge in [-0.15, -0.1) is 0 Å². The molecule has 0 aliphatic heterocycles. The highest BCUT2D eigenvalue weighted by Gasteiger charge is 2.19. The van der Waals surface area contributed by atoms with E-state index in [4.69, 9.17) is 5.41 Å². The van der Waals surface area contributed by atoms with Crippen molar-refractivity contribution < 1.29 is 0 Å². The smallest absolute Gasteiger partial charge is 0.105 e. The van der Waals surface area contributed by atoms with E-state index < -0.39 is 0 Å². The summed E-state index contributed by atoms with van der Waals surface area (Å²) in [4.78, 5) is 0. The van der Waals surface area contributed by atoms with Crippen molar-refractivity contribution in [2.45, 2.75) is 0 Å². The van der Waals surface area contributed by atoms with Gasteiger partial charge in [0.2, 0.25) is 0 Å². The lowest BCUT2D eigenvalue weighted by Crippen LogP contribution is -2.17. The second-order valence-electron chi connectivity index (χ2n) is 3.28. The third-order valence-corrected chi connectivity index (χ3v) is 3.17. The van der Waals surface area contributed by atoms with Gasteiger partial charge in [-0.2, -0.15) is 0 Å². The second-order valence-corrected chi connectivity index (χ2v) is 4.34. The fourth-order valence-corrected chi connectivity index (χ4v) is 2.05. The highest BCUT2D eigenvalue weighted by Crippen LogP contribution is 2.25. The number of nitrogens with one attached hydrogen (secondary N) is 1. The zero-order chi connectivity index (χ0) is 11.5. The first-order valence-corrected chi connectivity index (χ1v) is 5.88. The number of hydrogen-bond acceptors (Lipinski definition) is 3. The fraction of sp³-hybridized carbons (Fsp3) is 0. The van der Waals surface area contributed by atoms with Gasteiger partial charge < -0.3 is 0 Å². The molecule has 1 N–H and O–H groups in total. The Hall–Kier alpha value is -1.13. The van der Waals surface area contributed by atoms with E-state index in [1.165, 1.54) is 0 Å². The zero-order valence-electron chi connectivity index (χ0n) is 8.31. The molecule has 1 aromatic rings. The van der Waals surface area contributed by atoms with Gasteiger partial charge in [0.15, 0.2) is 0 Å². The van der Waals surface area contributed by atoms with E-state index in [1.54, 1.807) is 0 Å². The van der Waals surface area contributed by atoms with Crippen LogP contribution in [0.25, 0.3) is 5.57 Å². The molecule has 0 atom stereocenters. The Kier molecular flexibility index (Phi) is 3.41. The normalized spacial score (nSPS) is 18.4. The molecule has 0 aromatic heterocycles. The van der Waals surface area contributed by atoms with Gasteiger partial charge in [-0.25, -0.2) is 4.40 Å². The minimum absolute atomic E-state index is 0.358. The summed E-state index contributed by atoms with van der Waals surface area (Å²) >= 11 is 7.24. The third-order valence-electron chi connectivity index (χ3n) is 2.31. The predicted octanol–water partition coefficient (Wildman–Crippen LogP) is 3.67. The Morgan fingerprint density at radius 2 is 1.81 bits per heavy atom. The maximum Gasteiger partial charge on any atom is 0.105 e. The van der Waals surface area contributed by atoms with Crippen molar-refractivity contribution in [1.82, 2.24) is 0 Å². The summed E-state index contributed by atoms with van der Waals surface area (Å²) in [7, 11) is 0. The van der Waals surface area contributed by atoms with Crippen molar-refractivity contribution in [3.8, 4) is 0 Å². The van der Waals surface area contributed by atoms with E-state index >= 15 is 0 Å². The summed E-state index contributed by atoms with van der Waals surface area (Å²) in [5.41, 5.74) is 2.90. The fourth-order valence-electron chi connectivity index (χ4n) is 1.52. The lowest BCUT2D eigenvalue weighted by atomic mass is 9.94. The van der Waals surface area contributed by atoms with Crippen molar-refractivity contribution in [3.05, 3.63) is 52.5 Å². The third kappa shape index (κ3) is 2.03. The average molecular weight is 293 g/mol. The number of benzene rings is 1. The van der Waals surface area contributed by atoms with Gasteiger partial charge in [-0.1, -0.05) is 36.4 Å². The van der Waals surface area contributed by atoms with Crippen molar-refractivity contribution >= 4 is 45.7 Å². The Morgan fingerprint density at radius 1 is 1.12 bits per heavy atom. The number of allylic oxidation sites excluding steroid dienone is 4. The van der Waals surface area contributed by atoms with Crippen LogP contribution in [0.5, 0.6) is 0 Å². The van der Waals surface area contributed by atoms with Gasteiger partial charge in [0, 0.05) is 10.1 Å². The van der Waals surface area contributed by atoms with Crippen molar-refractivity contribution in [3.63, 3.8) is 0 Å². The largest absolute Gasteiger partial charge is 0.297 e. The quantitative estimate of drug-likeness (QED) is 0.585. The summed E-state index contributed by atoms with van der Waals surface area (Å²) < 4.78 is 4.61. The molecule has 2 nitrogen and oxygen atoms in total. The first kappa shape index (κ1) is 11.4. The first-order chi connectivity index (χ1) is 7.74. The molecule has 1 aromatic carbocycles. The lowest BCUT2D eigenvalue weighted by molar-refractivity contribution is 1.53. The van der Waals surface area contributed by atoms with Gasteiger partial charge in [-0.05, 0) is 40.4 Å². The molecular formula is C12H9BrN2S. The van der Waals surface area contributed by atoms with Crippen LogP contribution in [0.1, 0.15) is 5.56 Å². The Morgan fingerprint density at radius 3 is 2.44 bits per heavy atom. The summed E-state index contributed by atoms with van der Waals surface area (Å²) in [5.74, 6) is 0. The van der Waals surface area contributed by atoms with E-state index in [0.717, 1.165) is 15.6 Å². The minimum Gasteiger partial charge on any atom is -0.297 e. The number of nitrogens with zero attached hydrogens (tertiary/aromatic N) is 1. The van der Waals surface area contributed by atoms with Gasteiger partial charge in [0.05, 0.1) is 5.71 Å². The summed E-state index contributed by atoms with van der Waals surface area (Å²) in [6, 6.07) is 9.87. The van der Waals surface area contributed by atoms with Crippen LogP contribution < -0.4 is 0 Å². The van der Waals surface area contributed by atoms with Crippen molar-refractivity contribution in [2.24, 2.45) is 4.40 Å². The molecule has 0 radical (unpaired) electrons. The van der Waals surface area contributed by atoms with Gasteiger partial charge >= 0.3 is 0 Å². The number of hydrogen-bond donors (Lipinski definition) is 2. The molecule has 0 amide bonds. The second kappa shape index (κ2) is 4.80. The lowest BCUT2D eigenvalue weighted by Gasteiger charge is -2.14. The van der Waals surface area contributed by atoms with E-state index in [9.17, 15) is 0 Å². The molecule has 0 saturated heterocycles. The van der Waals surface area contributed by atoms with Crippen LogP contribution in [0.15, 0.2) is 51.4 Å². The van der Waals surface area contributed by atoms with E-state index in [2.05, 4.69) is 33.1 Å². The predicted molar refractivity (Wildman–Crippen MR) is 75.6 cm³/mol. The molecule has 4 heteroatoms. The molecule has 0 saturated carbocycles. The molecule has 0 bridgehead atoms. The Balaban J connectivity index is 2.53. The molecular weight excluding hydrogens is 284 g/mol. The molecule has 0 fully saturated rings. The molecule has 0 heterocycles. The van der Waals surface area contributed by atoms with Crippen molar-refractivity contribution in [1.29, 1.82) is 5.41 Å². The van der Waals surface area contributed by atoms with Gasteiger partial charge in [-0.3, -0.25) is 5.41 Å². The summed E-state index contributed by atoms with van der Waals surface area (Å²) in [6.45, 7) is 0. The van der Waals surface area contributed by atoms with Crippen LogP contribution in [0.2, 0.25) is 0 Å². The van der Waals surface area contributed by atoms with E-state index in [1.807, 2.05) is 42.5 Å². The van der Waals surface area contributed by atoms with Crippen LogP contribution >= 0.6 is 28.7 Å².